The summed E-state index contributed by atoms with van der Waals surface area (Å²) in [5.41, 5.74) is 0. The van der Waals surface area contributed by atoms with Crippen molar-refractivity contribution < 1.29 is 0 Å². The van der Waals surface area contributed by atoms with Crippen LogP contribution in [0.4, 0.5) is 0 Å². The molecule has 1 aliphatic carbocycles. The zero-order valence-electron chi connectivity index (χ0n) is 12.1. The van der Waals surface area contributed by atoms with E-state index in [2.05, 4.69) is 27.0 Å². The van der Waals surface area contributed by atoms with Gasteiger partial charge in [0.15, 0.2) is 0 Å². The van der Waals surface area contributed by atoms with Crippen molar-refractivity contribution in [3.63, 3.8) is 0 Å². The Hall–Kier alpha value is -0.900. The Kier molecular flexibility index (Phi) is 4.16. The van der Waals surface area contributed by atoms with Gasteiger partial charge in [-0.15, -0.1) is 10.2 Å². The molecule has 1 aromatic heterocycles. The number of hydrogen-bond acceptors (Lipinski definition) is 3. The molecule has 4 heteroatoms. The molecule has 1 saturated heterocycles. The van der Waals surface area contributed by atoms with Crippen LogP contribution in [-0.2, 0) is 6.42 Å². The Bertz CT molecular complexity index is 400. The maximum atomic E-state index is 4.44. The van der Waals surface area contributed by atoms with E-state index < -0.39 is 0 Å². The molecule has 106 valence electrons. The maximum absolute atomic E-state index is 4.44. The Balaban J connectivity index is 1.63. The molecule has 0 aromatic carbocycles. The molecule has 0 atom stereocenters. The van der Waals surface area contributed by atoms with Crippen LogP contribution >= 0.6 is 0 Å². The minimum Gasteiger partial charge on any atom is -0.317 e. The molecule has 19 heavy (non-hydrogen) atoms. The summed E-state index contributed by atoms with van der Waals surface area (Å²) in [5.74, 6) is 3.24. The first-order valence-electron chi connectivity index (χ1n) is 7.95. The van der Waals surface area contributed by atoms with Gasteiger partial charge in [-0.2, -0.15) is 0 Å². The summed E-state index contributed by atoms with van der Waals surface area (Å²) in [7, 11) is 0. The zero-order chi connectivity index (χ0) is 13.1. The monoisotopic (exact) mass is 262 g/mol. The molecular weight excluding hydrogens is 236 g/mol. The Labute approximate surface area is 116 Å². The van der Waals surface area contributed by atoms with E-state index in [0.717, 1.165) is 18.2 Å². The number of rotatable bonds is 4. The van der Waals surface area contributed by atoms with Gasteiger partial charge in [-0.3, -0.25) is 0 Å². The smallest absolute Gasteiger partial charge is 0.133 e. The fourth-order valence-corrected chi connectivity index (χ4v) is 3.72. The van der Waals surface area contributed by atoms with Crippen molar-refractivity contribution >= 4 is 0 Å². The van der Waals surface area contributed by atoms with E-state index in [9.17, 15) is 0 Å². The molecular formula is C15H26N4. The standard InChI is InChI=1S/C15H26N4/c1-12-17-18-15(19(12)14-4-2-3-5-14)7-6-13-8-10-16-11-9-13/h13-14,16H,2-11H2,1H3. The average Bonchev–Trinajstić information content (AvgIpc) is 3.07. The van der Waals surface area contributed by atoms with E-state index in [-0.39, 0.29) is 0 Å². The average molecular weight is 262 g/mol. The van der Waals surface area contributed by atoms with Gasteiger partial charge in [0, 0.05) is 12.5 Å². The van der Waals surface area contributed by atoms with Crippen molar-refractivity contribution in [1.29, 1.82) is 0 Å². The molecule has 3 rings (SSSR count). The van der Waals surface area contributed by atoms with Crippen molar-refractivity contribution in [3.8, 4) is 0 Å². The summed E-state index contributed by atoms with van der Waals surface area (Å²) < 4.78 is 2.44. The lowest BCUT2D eigenvalue weighted by molar-refractivity contribution is 0.348. The highest BCUT2D eigenvalue weighted by Crippen LogP contribution is 2.31. The maximum Gasteiger partial charge on any atom is 0.133 e. The molecule has 1 aromatic rings. The second-order valence-corrected chi connectivity index (χ2v) is 6.20. The highest BCUT2D eigenvalue weighted by atomic mass is 15.3. The largest absolute Gasteiger partial charge is 0.317 e. The number of piperidine rings is 1. The second kappa shape index (κ2) is 6.04. The Morgan fingerprint density at radius 3 is 2.58 bits per heavy atom. The van der Waals surface area contributed by atoms with Gasteiger partial charge >= 0.3 is 0 Å². The van der Waals surface area contributed by atoms with E-state index in [1.807, 2.05) is 0 Å². The summed E-state index contributed by atoms with van der Waals surface area (Å²) in [6, 6.07) is 0.679. The van der Waals surface area contributed by atoms with Crippen LogP contribution in [0.2, 0.25) is 0 Å². The predicted molar refractivity (Wildman–Crippen MR) is 76.2 cm³/mol. The molecule has 1 aliphatic heterocycles. The minimum atomic E-state index is 0.679. The van der Waals surface area contributed by atoms with E-state index in [1.54, 1.807) is 0 Å². The second-order valence-electron chi connectivity index (χ2n) is 6.20. The van der Waals surface area contributed by atoms with E-state index in [1.165, 1.54) is 63.9 Å². The Morgan fingerprint density at radius 2 is 1.84 bits per heavy atom. The van der Waals surface area contributed by atoms with Crippen molar-refractivity contribution in [2.45, 2.75) is 64.3 Å². The zero-order valence-corrected chi connectivity index (χ0v) is 12.1. The van der Waals surface area contributed by atoms with Crippen LogP contribution in [0.1, 0.15) is 62.6 Å². The van der Waals surface area contributed by atoms with Crippen LogP contribution in [0.15, 0.2) is 0 Å². The first kappa shape index (κ1) is 13.1. The third kappa shape index (κ3) is 2.99. The number of nitrogens with zero attached hydrogens (tertiary/aromatic N) is 3. The van der Waals surface area contributed by atoms with Crippen LogP contribution in [0.5, 0.6) is 0 Å². The van der Waals surface area contributed by atoms with Crippen LogP contribution in [0.3, 0.4) is 0 Å². The fourth-order valence-electron chi connectivity index (χ4n) is 3.72. The van der Waals surface area contributed by atoms with Crippen LogP contribution in [0, 0.1) is 12.8 Å². The summed E-state index contributed by atoms with van der Waals surface area (Å²) in [4.78, 5) is 0. The van der Waals surface area contributed by atoms with Crippen molar-refractivity contribution in [1.82, 2.24) is 20.1 Å². The first-order chi connectivity index (χ1) is 9.34. The summed E-state index contributed by atoms with van der Waals surface area (Å²) >= 11 is 0. The summed E-state index contributed by atoms with van der Waals surface area (Å²) in [6.45, 7) is 4.50. The number of nitrogens with one attached hydrogen (secondary N) is 1. The number of aryl methyl sites for hydroxylation is 2. The molecule has 0 spiro atoms. The van der Waals surface area contributed by atoms with Gasteiger partial charge in [0.25, 0.3) is 0 Å². The van der Waals surface area contributed by atoms with Gasteiger partial charge in [0.05, 0.1) is 0 Å². The molecule has 2 heterocycles. The van der Waals surface area contributed by atoms with Crippen molar-refractivity contribution in [2.24, 2.45) is 5.92 Å². The third-order valence-electron chi connectivity index (χ3n) is 4.86. The topological polar surface area (TPSA) is 42.7 Å². The Morgan fingerprint density at radius 1 is 1.11 bits per heavy atom. The predicted octanol–water partition coefficient (Wildman–Crippen LogP) is 2.63. The van der Waals surface area contributed by atoms with Crippen LogP contribution in [-0.4, -0.2) is 27.9 Å². The first-order valence-corrected chi connectivity index (χ1v) is 7.95. The molecule has 0 amide bonds. The highest BCUT2D eigenvalue weighted by molar-refractivity contribution is 4.99. The van der Waals surface area contributed by atoms with E-state index in [4.69, 9.17) is 0 Å². The molecule has 1 N–H and O–H groups in total. The van der Waals surface area contributed by atoms with Gasteiger partial charge in [-0.1, -0.05) is 12.8 Å². The highest BCUT2D eigenvalue weighted by Gasteiger charge is 2.23. The van der Waals surface area contributed by atoms with Crippen molar-refractivity contribution in [3.05, 3.63) is 11.6 Å². The lowest BCUT2D eigenvalue weighted by atomic mass is 9.93. The fraction of sp³-hybridized carbons (Fsp3) is 0.867. The normalized spacial score (nSPS) is 22.2. The molecule has 2 fully saturated rings. The van der Waals surface area contributed by atoms with Gasteiger partial charge < -0.3 is 9.88 Å². The van der Waals surface area contributed by atoms with Gasteiger partial charge in [-0.25, -0.2) is 0 Å². The quantitative estimate of drug-likeness (QED) is 0.907. The van der Waals surface area contributed by atoms with Gasteiger partial charge in [-0.05, 0) is 58.0 Å². The summed E-state index contributed by atoms with van der Waals surface area (Å²) in [6.07, 6.45) is 10.4. The van der Waals surface area contributed by atoms with Crippen LogP contribution < -0.4 is 5.32 Å². The third-order valence-corrected chi connectivity index (χ3v) is 4.86. The summed E-state index contributed by atoms with van der Waals surface area (Å²) in [5, 5.41) is 12.2. The van der Waals surface area contributed by atoms with Crippen molar-refractivity contribution in [2.75, 3.05) is 13.1 Å². The number of hydrogen-bond donors (Lipinski definition) is 1. The molecule has 0 unspecified atom stereocenters. The molecule has 2 aliphatic rings. The lowest BCUT2D eigenvalue weighted by Crippen LogP contribution is -2.28. The molecule has 0 bridgehead atoms. The van der Waals surface area contributed by atoms with E-state index in [0.29, 0.717) is 6.04 Å². The minimum absolute atomic E-state index is 0.679. The number of aromatic nitrogens is 3. The molecule has 1 saturated carbocycles. The van der Waals surface area contributed by atoms with Gasteiger partial charge in [0.2, 0.25) is 0 Å². The molecule has 0 radical (unpaired) electrons. The molecule has 4 nitrogen and oxygen atoms in total. The van der Waals surface area contributed by atoms with Gasteiger partial charge in [0.1, 0.15) is 11.6 Å². The lowest BCUT2D eigenvalue weighted by Gasteiger charge is -2.23. The SMILES string of the molecule is Cc1nnc(CCC2CCNCC2)n1C1CCCC1. The van der Waals surface area contributed by atoms with E-state index >= 15 is 0 Å². The van der Waals surface area contributed by atoms with Crippen LogP contribution in [0.25, 0.3) is 0 Å².